The van der Waals surface area contributed by atoms with E-state index in [1.165, 1.54) is 37.1 Å². The highest BCUT2D eigenvalue weighted by molar-refractivity contribution is 7.09. The van der Waals surface area contributed by atoms with Gasteiger partial charge in [0.15, 0.2) is 0 Å². The maximum Gasteiger partial charge on any atom is 0.107 e. The van der Waals surface area contributed by atoms with E-state index >= 15 is 0 Å². The van der Waals surface area contributed by atoms with Crippen molar-refractivity contribution < 1.29 is 0 Å². The van der Waals surface area contributed by atoms with Gasteiger partial charge in [0, 0.05) is 23.7 Å². The summed E-state index contributed by atoms with van der Waals surface area (Å²) in [5.74, 6) is 0.884. The van der Waals surface area contributed by atoms with Crippen molar-refractivity contribution in [3.63, 3.8) is 0 Å². The van der Waals surface area contributed by atoms with E-state index in [1.54, 1.807) is 11.3 Å². The summed E-state index contributed by atoms with van der Waals surface area (Å²) in [7, 11) is 0. The van der Waals surface area contributed by atoms with Crippen LogP contribution in [0.5, 0.6) is 0 Å². The number of rotatable bonds is 4. The summed E-state index contributed by atoms with van der Waals surface area (Å²) in [5, 5.41) is 6.98. The molecule has 1 aliphatic rings. The van der Waals surface area contributed by atoms with Crippen molar-refractivity contribution >= 4 is 11.3 Å². The van der Waals surface area contributed by atoms with Crippen LogP contribution in [0, 0.1) is 12.8 Å². The van der Waals surface area contributed by atoms with Crippen molar-refractivity contribution in [2.75, 3.05) is 0 Å². The molecule has 0 amide bonds. The molecule has 0 bridgehead atoms. The molecule has 2 rings (SSSR count). The lowest BCUT2D eigenvalue weighted by atomic mass is 9.84. The Hall–Kier alpha value is -0.410. The van der Waals surface area contributed by atoms with Gasteiger partial charge in [0.05, 0.1) is 0 Å². The summed E-state index contributed by atoms with van der Waals surface area (Å²) < 4.78 is 0. The van der Waals surface area contributed by atoms with E-state index in [9.17, 15) is 0 Å². The summed E-state index contributed by atoms with van der Waals surface area (Å²) in [5.41, 5.74) is 1.15. The summed E-state index contributed by atoms with van der Waals surface area (Å²) in [4.78, 5) is 4.48. The predicted octanol–water partition coefficient (Wildman–Crippen LogP) is 3.51. The average Bonchev–Trinajstić information content (AvgIpc) is 2.73. The number of hydrogen-bond acceptors (Lipinski definition) is 3. The van der Waals surface area contributed by atoms with Crippen LogP contribution < -0.4 is 5.32 Å². The Bertz CT molecular complexity index is 315. The Balaban J connectivity index is 1.76. The number of hydrogen-bond donors (Lipinski definition) is 1. The number of aryl methyl sites for hydroxylation is 1. The van der Waals surface area contributed by atoms with E-state index in [4.69, 9.17) is 0 Å². The van der Waals surface area contributed by atoms with Crippen molar-refractivity contribution in [3.05, 3.63) is 16.1 Å². The minimum absolute atomic E-state index is 0.643. The third-order valence-corrected chi connectivity index (χ3v) is 4.57. The number of nitrogens with one attached hydrogen (secondary N) is 1. The molecule has 90 valence electrons. The van der Waals surface area contributed by atoms with Gasteiger partial charge in [-0.1, -0.05) is 19.3 Å². The maximum atomic E-state index is 4.48. The molecule has 1 N–H and O–H groups in total. The smallest absolute Gasteiger partial charge is 0.107 e. The average molecular weight is 238 g/mol. The van der Waals surface area contributed by atoms with Crippen LogP contribution in [-0.4, -0.2) is 11.0 Å². The molecule has 0 saturated heterocycles. The SMILES string of the molecule is Cc1csc(CN[C@H](C)C2CCCCC2)n1. The molecular formula is C13H22N2S. The highest BCUT2D eigenvalue weighted by atomic mass is 32.1. The molecule has 16 heavy (non-hydrogen) atoms. The van der Waals surface area contributed by atoms with Crippen LogP contribution in [0.15, 0.2) is 5.38 Å². The zero-order chi connectivity index (χ0) is 11.4. The first-order valence-corrected chi connectivity index (χ1v) is 7.28. The fraction of sp³-hybridized carbons (Fsp3) is 0.769. The highest BCUT2D eigenvalue weighted by Crippen LogP contribution is 2.26. The second kappa shape index (κ2) is 5.78. The summed E-state index contributed by atoms with van der Waals surface area (Å²) in [6.45, 7) is 5.33. The van der Waals surface area contributed by atoms with Crippen LogP contribution in [0.3, 0.4) is 0 Å². The van der Waals surface area contributed by atoms with Gasteiger partial charge in [-0.05, 0) is 32.6 Å². The molecule has 3 heteroatoms. The van der Waals surface area contributed by atoms with Gasteiger partial charge in [-0.2, -0.15) is 0 Å². The second-order valence-corrected chi connectivity index (χ2v) is 5.89. The molecule has 1 aromatic rings. The van der Waals surface area contributed by atoms with Gasteiger partial charge >= 0.3 is 0 Å². The van der Waals surface area contributed by atoms with Gasteiger partial charge < -0.3 is 5.32 Å². The summed E-state index contributed by atoms with van der Waals surface area (Å²) >= 11 is 1.76. The van der Waals surface area contributed by atoms with E-state index in [0.29, 0.717) is 6.04 Å². The topological polar surface area (TPSA) is 24.9 Å². The number of nitrogens with zero attached hydrogens (tertiary/aromatic N) is 1. The zero-order valence-corrected chi connectivity index (χ0v) is 11.1. The van der Waals surface area contributed by atoms with Crippen molar-refractivity contribution in [1.29, 1.82) is 0 Å². The van der Waals surface area contributed by atoms with Crippen LogP contribution in [0.2, 0.25) is 0 Å². The fourth-order valence-electron chi connectivity index (χ4n) is 2.53. The van der Waals surface area contributed by atoms with Crippen molar-refractivity contribution in [2.45, 2.75) is 58.5 Å². The zero-order valence-electron chi connectivity index (χ0n) is 10.3. The molecule has 0 aromatic carbocycles. The van der Waals surface area contributed by atoms with Gasteiger partial charge in [-0.3, -0.25) is 0 Å². The molecule has 0 aliphatic heterocycles. The Kier molecular flexibility index (Phi) is 4.36. The van der Waals surface area contributed by atoms with Crippen molar-refractivity contribution in [2.24, 2.45) is 5.92 Å². The second-order valence-electron chi connectivity index (χ2n) is 4.95. The van der Waals surface area contributed by atoms with Crippen LogP contribution in [0.25, 0.3) is 0 Å². The van der Waals surface area contributed by atoms with Crippen molar-refractivity contribution in [3.8, 4) is 0 Å². The Labute approximate surface area is 102 Å². The van der Waals surface area contributed by atoms with E-state index in [-0.39, 0.29) is 0 Å². The first-order valence-electron chi connectivity index (χ1n) is 6.40. The van der Waals surface area contributed by atoms with E-state index in [1.807, 2.05) is 0 Å². The number of aromatic nitrogens is 1. The monoisotopic (exact) mass is 238 g/mol. The van der Waals surface area contributed by atoms with E-state index < -0.39 is 0 Å². The lowest BCUT2D eigenvalue weighted by molar-refractivity contribution is 0.280. The van der Waals surface area contributed by atoms with Gasteiger partial charge in [-0.15, -0.1) is 11.3 Å². The molecule has 2 nitrogen and oxygen atoms in total. The Morgan fingerprint density at radius 1 is 1.44 bits per heavy atom. The van der Waals surface area contributed by atoms with Crippen molar-refractivity contribution in [1.82, 2.24) is 10.3 Å². The first-order chi connectivity index (χ1) is 7.75. The fourth-order valence-corrected chi connectivity index (χ4v) is 3.26. The molecule has 1 aliphatic carbocycles. The van der Waals surface area contributed by atoms with Crippen LogP contribution in [-0.2, 0) is 6.54 Å². The molecule has 1 atom stereocenters. The van der Waals surface area contributed by atoms with Gasteiger partial charge in [0.2, 0.25) is 0 Å². The normalized spacial score (nSPS) is 19.9. The lowest BCUT2D eigenvalue weighted by Crippen LogP contribution is -2.34. The molecule has 0 radical (unpaired) electrons. The lowest BCUT2D eigenvalue weighted by Gasteiger charge is -2.28. The van der Waals surface area contributed by atoms with Gasteiger partial charge in [-0.25, -0.2) is 4.98 Å². The highest BCUT2D eigenvalue weighted by Gasteiger charge is 2.19. The van der Waals surface area contributed by atoms with E-state index in [2.05, 4.69) is 29.5 Å². The number of thiazole rings is 1. The molecule has 1 saturated carbocycles. The molecular weight excluding hydrogens is 216 g/mol. The standard InChI is InChI=1S/C13H22N2S/c1-10-9-16-13(15-10)8-14-11(2)12-6-4-3-5-7-12/h9,11-12,14H,3-8H2,1-2H3/t11-/m1/s1. The third kappa shape index (κ3) is 3.29. The minimum atomic E-state index is 0.643. The molecule has 0 unspecified atom stereocenters. The summed E-state index contributed by atoms with van der Waals surface area (Å²) in [6, 6.07) is 0.643. The first kappa shape index (κ1) is 12.1. The van der Waals surface area contributed by atoms with Crippen LogP contribution >= 0.6 is 11.3 Å². The summed E-state index contributed by atoms with van der Waals surface area (Å²) in [6.07, 6.45) is 7.10. The molecule has 0 spiro atoms. The molecule has 1 heterocycles. The molecule has 1 fully saturated rings. The largest absolute Gasteiger partial charge is 0.308 e. The van der Waals surface area contributed by atoms with Crippen LogP contribution in [0.1, 0.15) is 49.7 Å². The van der Waals surface area contributed by atoms with Crippen LogP contribution in [0.4, 0.5) is 0 Å². The predicted molar refractivity (Wildman–Crippen MR) is 69.7 cm³/mol. The maximum absolute atomic E-state index is 4.48. The Morgan fingerprint density at radius 2 is 2.19 bits per heavy atom. The Morgan fingerprint density at radius 3 is 2.81 bits per heavy atom. The minimum Gasteiger partial charge on any atom is -0.308 e. The molecule has 1 aromatic heterocycles. The third-order valence-electron chi connectivity index (χ3n) is 3.60. The van der Waals surface area contributed by atoms with E-state index in [0.717, 1.165) is 18.2 Å². The van der Waals surface area contributed by atoms with Gasteiger partial charge in [0.1, 0.15) is 5.01 Å². The quantitative estimate of drug-likeness (QED) is 0.868. The van der Waals surface area contributed by atoms with Gasteiger partial charge in [0.25, 0.3) is 0 Å².